The van der Waals surface area contributed by atoms with E-state index in [0.717, 1.165) is 11.3 Å². The first kappa shape index (κ1) is 16.6. The first-order chi connectivity index (χ1) is 9.26. The van der Waals surface area contributed by atoms with Gasteiger partial charge >= 0.3 is 5.97 Å². The molecule has 1 unspecified atom stereocenters. The molecule has 0 aromatic carbocycles. The van der Waals surface area contributed by atoms with E-state index in [9.17, 15) is 18.0 Å². The fourth-order valence-electron chi connectivity index (χ4n) is 1.42. The lowest BCUT2D eigenvalue weighted by atomic mass is 10.1. The van der Waals surface area contributed by atoms with Crippen molar-refractivity contribution in [3.63, 3.8) is 0 Å². The molecule has 0 aliphatic carbocycles. The molecule has 7 nitrogen and oxygen atoms in total. The maximum atomic E-state index is 11.8. The number of rotatable bonds is 7. The van der Waals surface area contributed by atoms with Gasteiger partial charge < -0.3 is 10.4 Å². The molecule has 1 aromatic heterocycles. The van der Waals surface area contributed by atoms with E-state index < -0.39 is 21.9 Å². The molecule has 0 aliphatic rings. The summed E-state index contributed by atoms with van der Waals surface area (Å²) in [5.41, 5.74) is 0. The van der Waals surface area contributed by atoms with E-state index in [1.54, 1.807) is 6.92 Å². The van der Waals surface area contributed by atoms with Crippen LogP contribution >= 0.6 is 11.3 Å². The average Bonchev–Trinajstić information content (AvgIpc) is 2.85. The highest BCUT2D eigenvalue weighted by Crippen LogP contribution is 2.18. The van der Waals surface area contributed by atoms with Gasteiger partial charge in [0.25, 0.3) is 5.91 Å². The smallest absolute Gasteiger partial charge is 0.303 e. The molecule has 0 saturated carbocycles. The molecule has 112 valence electrons. The van der Waals surface area contributed by atoms with Gasteiger partial charge in [-0.15, -0.1) is 11.3 Å². The van der Waals surface area contributed by atoms with E-state index in [-0.39, 0.29) is 28.7 Å². The molecule has 1 rings (SSSR count). The van der Waals surface area contributed by atoms with Crippen molar-refractivity contribution in [1.82, 2.24) is 10.0 Å². The number of thiophene rings is 1. The number of amides is 1. The zero-order valence-corrected chi connectivity index (χ0v) is 12.7. The Morgan fingerprint density at radius 1 is 1.45 bits per heavy atom. The molecular formula is C11H16N2O5S2. The summed E-state index contributed by atoms with van der Waals surface area (Å²) in [6, 6.07) is 1.29. The minimum atomic E-state index is -3.56. The van der Waals surface area contributed by atoms with Crippen LogP contribution in [0.4, 0.5) is 0 Å². The number of hydrogen-bond acceptors (Lipinski definition) is 5. The lowest BCUT2D eigenvalue weighted by Crippen LogP contribution is -2.28. The van der Waals surface area contributed by atoms with E-state index >= 15 is 0 Å². The Hall–Kier alpha value is -1.45. The van der Waals surface area contributed by atoms with Gasteiger partial charge in [0, 0.05) is 18.3 Å². The largest absolute Gasteiger partial charge is 0.481 e. The number of carbonyl (C=O) groups is 2. The zero-order chi connectivity index (χ0) is 15.3. The van der Waals surface area contributed by atoms with Crippen molar-refractivity contribution in [2.45, 2.75) is 18.2 Å². The molecule has 0 bridgehead atoms. The Morgan fingerprint density at radius 3 is 2.65 bits per heavy atom. The van der Waals surface area contributed by atoms with Crippen LogP contribution in [-0.4, -0.2) is 39.0 Å². The summed E-state index contributed by atoms with van der Waals surface area (Å²) in [5.74, 6) is -1.54. The Morgan fingerprint density at radius 2 is 2.10 bits per heavy atom. The minimum absolute atomic E-state index is 0.0359. The van der Waals surface area contributed by atoms with Crippen molar-refractivity contribution in [3.8, 4) is 0 Å². The Balaban J connectivity index is 2.63. The van der Waals surface area contributed by atoms with Crippen LogP contribution in [0.2, 0.25) is 0 Å². The van der Waals surface area contributed by atoms with Crippen LogP contribution in [-0.2, 0) is 14.8 Å². The number of hydrogen-bond donors (Lipinski definition) is 3. The molecule has 0 fully saturated rings. The molecule has 1 amide bonds. The lowest BCUT2D eigenvalue weighted by molar-refractivity contribution is -0.137. The third kappa shape index (κ3) is 4.58. The van der Waals surface area contributed by atoms with Crippen molar-refractivity contribution < 1.29 is 23.1 Å². The molecule has 0 radical (unpaired) electrons. The van der Waals surface area contributed by atoms with Crippen LogP contribution in [0.3, 0.4) is 0 Å². The molecule has 20 heavy (non-hydrogen) atoms. The standard InChI is InChI=1S/C11H16N2O5S2/c1-7(3-10(14)15)5-13-11(16)9-4-8(6-19-9)20(17,18)12-2/h4,6-7,12H,3,5H2,1-2H3,(H,13,16)(H,14,15). The van der Waals surface area contributed by atoms with Crippen LogP contribution in [0.15, 0.2) is 16.3 Å². The van der Waals surface area contributed by atoms with Crippen molar-refractivity contribution in [3.05, 3.63) is 16.3 Å². The van der Waals surface area contributed by atoms with Gasteiger partial charge in [-0.25, -0.2) is 13.1 Å². The second-order valence-electron chi connectivity index (χ2n) is 4.27. The number of aliphatic carboxylic acids is 1. The van der Waals surface area contributed by atoms with Gasteiger partial charge in [-0.05, 0) is 19.0 Å². The van der Waals surface area contributed by atoms with Gasteiger partial charge in [-0.3, -0.25) is 9.59 Å². The highest BCUT2D eigenvalue weighted by atomic mass is 32.2. The fraction of sp³-hybridized carbons (Fsp3) is 0.455. The fourth-order valence-corrected chi connectivity index (χ4v) is 3.34. The van der Waals surface area contributed by atoms with Gasteiger partial charge in [0.1, 0.15) is 0 Å². The van der Waals surface area contributed by atoms with Crippen LogP contribution < -0.4 is 10.0 Å². The topological polar surface area (TPSA) is 113 Å². The van der Waals surface area contributed by atoms with Crippen molar-refractivity contribution >= 4 is 33.2 Å². The summed E-state index contributed by atoms with van der Waals surface area (Å²) in [6.45, 7) is 1.93. The summed E-state index contributed by atoms with van der Waals surface area (Å²) < 4.78 is 25.2. The molecular weight excluding hydrogens is 304 g/mol. The number of carboxylic acids is 1. The number of carboxylic acid groups (broad SMARTS) is 1. The van der Waals surface area contributed by atoms with E-state index in [1.807, 2.05) is 0 Å². The molecule has 0 spiro atoms. The first-order valence-corrected chi connectivity index (χ1v) is 8.14. The van der Waals surface area contributed by atoms with Crippen LogP contribution in [0, 0.1) is 5.92 Å². The summed E-state index contributed by atoms with van der Waals surface area (Å²) >= 11 is 1.02. The van der Waals surface area contributed by atoms with Gasteiger partial charge in [0.15, 0.2) is 0 Å². The molecule has 1 heterocycles. The van der Waals surface area contributed by atoms with Crippen LogP contribution in [0.25, 0.3) is 0 Å². The quantitative estimate of drug-likeness (QED) is 0.677. The predicted octanol–water partition coefficient (Wildman–Crippen LogP) is 0.497. The number of sulfonamides is 1. The predicted molar refractivity (Wildman–Crippen MR) is 74.3 cm³/mol. The van der Waals surface area contributed by atoms with Crippen LogP contribution in [0.1, 0.15) is 23.0 Å². The average molecular weight is 320 g/mol. The monoisotopic (exact) mass is 320 g/mol. The number of carbonyl (C=O) groups excluding carboxylic acids is 1. The molecule has 1 atom stereocenters. The summed E-state index contributed by atoms with van der Waals surface area (Å²) in [4.78, 5) is 22.6. The normalized spacial score (nSPS) is 12.9. The van der Waals surface area contributed by atoms with Crippen LogP contribution in [0.5, 0.6) is 0 Å². The highest BCUT2D eigenvalue weighted by molar-refractivity contribution is 7.89. The van der Waals surface area contributed by atoms with E-state index in [2.05, 4.69) is 10.0 Å². The Bertz CT molecular complexity index is 594. The first-order valence-electron chi connectivity index (χ1n) is 5.78. The zero-order valence-electron chi connectivity index (χ0n) is 11.0. The number of nitrogens with one attached hydrogen (secondary N) is 2. The van der Waals surface area contributed by atoms with Gasteiger partial charge in [0.2, 0.25) is 10.0 Å². The van der Waals surface area contributed by atoms with Crippen molar-refractivity contribution in [2.24, 2.45) is 5.92 Å². The third-order valence-corrected chi connectivity index (χ3v) is 4.98. The second-order valence-corrected chi connectivity index (χ2v) is 7.07. The Labute approximate surface area is 121 Å². The maximum Gasteiger partial charge on any atom is 0.303 e. The minimum Gasteiger partial charge on any atom is -0.481 e. The van der Waals surface area contributed by atoms with Gasteiger partial charge in [-0.2, -0.15) is 0 Å². The lowest BCUT2D eigenvalue weighted by Gasteiger charge is -2.09. The SMILES string of the molecule is CNS(=O)(=O)c1csc(C(=O)NCC(C)CC(=O)O)c1. The maximum absolute atomic E-state index is 11.8. The third-order valence-electron chi connectivity index (χ3n) is 2.51. The molecule has 0 aliphatic heterocycles. The summed E-state index contributed by atoms with van der Waals surface area (Å²) in [7, 11) is -2.26. The molecule has 9 heteroatoms. The highest BCUT2D eigenvalue weighted by Gasteiger charge is 2.17. The van der Waals surface area contributed by atoms with E-state index in [1.165, 1.54) is 18.5 Å². The molecule has 0 saturated heterocycles. The molecule has 1 aromatic rings. The Kier molecular flexibility index (Phi) is 5.66. The summed E-state index contributed by atoms with van der Waals surface area (Å²) in [6.07, 6.45) is -0.0376. The van der Waals surface area contributed by atoms with Gasteiger partial charge in [-0.1, -0.05) is 6.92 Å². The summed E-state index contributed by atoms with van der Waals surface area (Å²) in [5, 5.41) is 12.6. The molecule has 3 N–H and O–H groups in total. The van der Waals surface area contributed by atoms with Crippen molar-refractivity contribution in [1.29, 1.82) is 0 Å². The van der Waals surface area contributed by atoms with Gasteiger partial charge in [0.05, 0.1) is 9.77 Å². The van der Waals surface area contributed by atoms with E-state index in [0.29, 0.717) is 0 Å². The van der Waals surface area contributed by atoms with E-state index in [4.69, 9.17) is 5.11 Å². The second kappa shape index (κ2) is 6.82. The van der Waals surface area contributed by atoms with Crippen molar-refractivity contribution in [2.75, 3.05) is 13.6 Å².